The van der Waals surface area contributed by atoms with Crippen molar-refractivity contribution in [1.29, 1.82) is 0 Å². The molecule has 0 aromatic carbocycles. The topological polar surface area (TPSA) is 53.7 Å². The normalized spacial score (nSPS) is 20.5. The van der Waals surface area contributed by atoms with Gasteiger partial charge in [0.1, 0.15) is 5.76 Å². The highest BCUT2D eigenvalue weighted by Crippen LogP contribution is 2.22. The number of halogens is 1. The predicted octanol–water partition coefficient (Wildman–Crippen LogP) is 3.32. The smallest absolute Gasteiger partial charge is 0.193 e. The Hall–Kier alpha value is -0.790. The highest BCUT2D eigenvalue weighted by Gasteiger charge is 2.21. The molecule has 2 heterocycles. The van der Waals surface area contributed by atoms with Crippen molar-refractivity contribution >= 4 is 29.9 Å². The largest absolute Gasteiger partial charge is 0.361 e. The molecule has 1 fully saturated rings. The lowest BCUT2D eigenvalue weighted by molar-refractivity contribution is 0.266. The molecule has 1 saturated heterocycles. The average molecular weight is 420 g/mol. The second-order valence-electron chi connectivity index (χ2n) is 6.26. The summed E-state index contributed by atoms with van der Waals surface area (Å²) in [5.74, 6) is 3.04. The number of guanidine groups is 1. The van der Waals surface area contributed by atoms with Gasteiger partial charge < -0.3 is 14.7 Å². The van der Waals surface area contributed by atoms with E-state index in [1.807, 2.05) is 20.9 Å². The summed E-state index contributed by atoms with van der Waals surface area (Å²) in [6, 6.07) is 0. The molecule has 126 valence electrons. The third-order valence-corrected chi connectivity index (χ3v) is 4.32. The Balaban J connectivity index is 0.00000242. The molecule has 0 saturated carbocycles. The van der Waals surface area contributed by atoms with Crippen molar-refractivity contribution in [2.45, 2.75) is 46.5 Å². The maximum absolute atomic E-state index is 5.26. The zero-order valence-electron chi connectivity index (χ0n) is 14.3. The van der Waals surface area contributed by atoms with E-state index in [1.165, 1.54) is 18.4 Å². The van der Waals surface area contributed by atoms with Crippen molar-refractivity contribution in [2.24, 2.45) is 10.9 Å². The van der Waals surface area contributed by atoms with Gasteiger partial charge >= 0.3 is 0 Å². The molecular weight excluding hydrogens is 391 g/mol. The molecule has 0 amide bonds. The van der Waals surface area contributed by atoms with Gasteiger partial charge in [0.15, 0.2) is 5.96 Å². The first-order chi connectivity index (χ1) is 10.0. The molecule has 2 unspecified atom stereocenters. The van der Waals surface area contributed by atoms with Gasteiger partial charge in [-0.2, -0.15) is 0 Å². The third-order valence-electron chi connectivity index (χ3n) is 4.32. The number of rotatable bonds is 3. The van der Waals surface area contributed by atoms with Crippen LogP contribution in [0, 0.1) is 19.8 Å². The fourth-order valence-corrected chi connectivity index (χ4v) is 3.25. The van der Waals surface area contributed by atoms with Gasteiger partial charge in [0, 0.05) is 38.2 Å². The van der Waals surface area contributed by atoms with Crippen LogP contribution in [0.2, 0.25) is 0 Å². The van der Waals surface area contributed by atoms with Crippen LogP contribution >= 0.6 is 24.0 Å². The van der Waals surface area contributed by atoms with Crippen LogP contribution in [0.4, 0.5) is 0 Å². The molecule has 5 nitrogen and oxygen atoms in total. The molecule has 1 aliphatic rings. The van der Waals surface area contributed by atoms with Gasteiger partial charge in [-0.05, 0) is 32.6 Å². The van der Waals surface area contributed by atoms with Crippen LogP contribution in [-0.4, -0.2) is 42.7 Å². The minimum absolute atomic E-state index is 0. The van der Waals surface area contributed by atoms with Crippen LogP contribution in [0.5, 0.6) is 0 Å². The van der Waals surface area contributed by atoms with Crippen LogP contribution in [0.15, 0.2) is 9.52 Å². The molecule has 1 N–H and O–H groups in total. The fraction of sp³-hybridized carbons (Fsp3) is 0.750. The number of piperidine rings is 1. The molecule has 2 rings (SSSR count). The molecular formula is C16H29IN4O. The van der Waals surface area contributed by atoms with Crippen LogP contribution < -0.4 is 5.32 Å². The first-order valence-corrected chi connectivity index (χ1v) is 7.91. The maximum Gasteiger partial charge on any atom is 0.193 e. The molecule has 0 radical (unpaired) electrons. The summed E-state index contributed by atoms with van der Waals surface area (Å²) in [5.41, 5.74) is 2.20. The second kappa shape index (κ2) is 8.74. The average Bonchev–Trinajstić information content (AvgIpc) is 2.79. The van der Waals surface area contributed by atoms with E-state index < -0.39 is 0 Å². The van der Waals surface area contributed by atoms with Gasteiger partial charge in [-0.1, -0.05) is 19.0 Å². The van der Waals surface area contributed by atoms with Crippen molar-refractivity contribution in [1.82, 2.24) is 15.4 Å². The van der Waals surface area contributed by atoms with Crippen LogP contribution in [0.25, 0.3) is 0 Å². The third kappa shape index (κ3) is 4.60. The Morgan fingerprint density at radius 1 is 1.50 bits per heavy atom. The molecule has 1 aromatic heterocycles. The first kappa shape index (κ1) is 19.3. The van der Waals surface area contributed by atoms with E-state index in [2.05, 4.69) is 34.2 Å². The van der Waals surface area contributed by atoms with E-state index in [-0.39, 0.29) is 24.0 Å². The summed E-state index contributed by atoms with van der Waals surface area (Å²) in [6.45, 7) is 11.5. The lowest BCUT2D eigenvalue weighted by Gasteiger charge is -2.34. The number of likely N-dealkylation sites (tertiary alicyclic amines) is 1. The Kier molecular flexibility index (Phi) is 7.65. The van der Waals surface area contributed by atoms with E-state index in [9.17, 15) is 0 Å². The van der Waals surface area contributed by atoms with Gasteiger partial charge in [0.2, 0.25) is 0 Å². The number of aromatic nitrogens is 1. The van der Waals surface area contributed by atoms with Gasteiger partial charge in [0.05, 0.1) is 5.69 Å². The number of hydrogen-bond donors (Lipinski definition) is 1. The zero-order valence-corrected chi connectivity index (χ0v) is 16.7. The molecule has 0 bridgehead atoms. The Labute approximate surface area is 150 Å². The van der Waals surface area contributed by atoms with E-state index in [0.29, 0.717) is 5.92 Å². The Morgan fingerprint density at radius 3 is 2.77 bits per heavy atom. The molecule has 0 spiro atoms. The quantitative estimate of drug-likeness (QED) is 0.463. The number of nitrogens with zero attached hydrogens (tertiary/aromatic N) is 3. The number of hydrogen-bond acceptors (Lipinski definition) is 3. The molecule has 0 aliphatic carbocycles. The molecule has 1 aromatic rings. The fourth-order valence-electron chi connectivity index (χ4n) is 3.25. The Morgan fingerprint density at radius 2 is 2.23 bits per heavy atom. The monoisotopic (exact) mass is 420 g/mol. The number of aliphatic imine (C=N–C) groups is 1. The summed E-state index contributed by atoms with van der Waals surface area (Å²) < 4.78 is 5.26. The maximum atomic E-state index is 5.26. The number of aryl methyl sites for hydroxylation is 2. The van der Waals surface area contributed by atoms with Crippen molar-refractivity contribution in [3.63, 3.8) is 0 Å². The van der Waals surface area contributed by atoms with Crippen LogP contribution in [0.1, 0.15) is 49.6 Å². The standard InChI is InChI=1S/C16H28N4O.HI/c1-11-7-6-8-20(10-11)16(17-5)18-9-12(2)15-13(3)19-21-14(15)4;/h11-12H,6-10H2,1-5H3,(H,17,18);1H. The predicted molar refractivity (Wildman–Crippen MR) is 101 cm³/mol. The minimum Gasteiger partial charge on any atom is -0.361 e. The van der Waals surface area contributed by atoms with Gasteiger partial charge in [0.25, 0.3) is 0 Å². The van der Waals surface area contributed by atoms with Crippen molar-refractivity contribution in [2.75, 3.05) is 26.7 Å². The van der Waals surface area contributed by atoms with E-state index in [0.717, 1.165) is 43.0 Å². The lowest BCUT2D eigenvalue weighted by Crippen LogP contribution is -2.47. The molecule has 1 aliphatic heterocycles. The van der Waals surface area contributed by atoms with E-state index in [1.54, 1.807) is 0 Å². The van der Waals surface area contributed by atoms with Gasteiger partial charge in [-0.3, -0.25) is 4.99 Å². The summed E-state index contributed by atoms with van der Waals surface area (Å²) in [4.78, 5) is 6.81. The molecule has 22 heavy (non-hydrogen) atoms. The first-order valence-electron chi connectivity index (χ1n) is 7.91. The van der Waals surface area contributed by atoms with Crippen molar-refractivity contribution < 1.29 is 4.52 Å². The number of nitrogens with one attached hydrogen (secondary N) is 1. The lowest BCUT2D eigenvalue weighted by atomic mass is 9.99. The summed E-state index contributed by atoms with van der Waals surface area (Å²) in [6.07, 6.45) is 2.57. The van der Waals surface area contributed by atoms with Gasteiger partial charge in [-0.15, -0.1) is 24.0 Å². The summed E-state index contributed by atoms with van der Waals surface area (Å²) in [5, 5.41) is 7.55. The highest BCUT2D eigenvalue weighted by atomic mass is 127. The van der Waals surface area contributed by atoms with Crippen LogP contribution in [-0.2, 0) is 0 Å². The zero-order chi connectivity index (χ0) is 15.4. The van der Waals surface area contributed by atoms with Gasteiger partial charge in [-0.25, -0.2) is 0 Å². The SMILES string of the molecule is CN=C(NCC(C)c1c(C)noc1C)N1CCCC(C)C1.I. The van der Waals surface area contributed by atoms with E-state index >= 15 is 0 Å². The Bertz CT molecular complexity index is 481. The van der Waals surface area contributed by atoms with Crippen molar-refractivity contribution in [3.05, 3.63) is 17.0 Å². The summed E-state index contributed by atoms with van der Waals surface area (Å²) >= 11 is 0. The summed E-state index contributed by atoms with van der Waals surface area (Å²) in [7, 11) is 1.86. The highest BCUT2D eigenvalue weighted by molar-refractivity contribution is 14.0. The second-order valence-corrected chi connectivity index (χ2v) is 6.26. The van der Waals surface area contributed by atoms with Crippen molar-refractivity contribution in [3.8, 4) is 0 Å². The molecule has 6 heteroatoms. The van der Waals surface area contributed by atoms with E-state index in [4.69, 9.17) is 4.52 Å². The van der Waals surface area contributed by atoms with Crippen LogP contribution in [0.3, 0.4) is 0 Å². The molecule has 2 atom stereocenters. The minimum atomic E-state index is 0.